The molecule has 2 aromatic rings. The van der Waals surface area contributed by atoms with Crippen LogP contribution in [-0.2, 0) is 4.79 Å². The molecule has 0 atom stereocenters. The number of hydrogen-bond acceptors (Lipinski definition) is 3. The van der Waals surface area contributed by atoms with Crippen LogP contribution in [0.25, 0.3) is 17.2 Å². The molecule has 0 unspecified atom stereocenters. The lowest BCUT2D eigenvalue weighted by Gasteiger charge is -2.07. The van der Waals surface area contributed by atoms with Crippen LogP contribution in [0.1, 0.15) is 11.1 Å². The molecule has 0 aliphatic rings. The Labute approximate surface area is 111 Å². The van der Waals surface area contributed by atoms with Gasteiger partial charge >= 0.3 is 5.97 Å². The second-order valence-electron chi connectivity index (χ2n) is 4.22. The summed E-state index contributed by atoms with van der Waals surface area (Å²) in [6.07, 6.45) is 4.34. The maximum absolute atomic E-state index is 10.5. The van der Waals surface area contributed by atoms with Gasteiger partial charge < -0.3 is 10.8 Å². The molecule has 1 aromatic carbocycles. The molecule has 0 bridgehead atoms. The molecule has 0 aliphatic carbocycles. The number of aromatic nitrogens is 1. The number of rotatable bonds is 3. The highest BCUT2D eigenvalue weighted by Crippen LogP contribution is 2.25. The molecule has 1 heterocycles. The van der Waals surface area contributed by atoms with E-state index in [2.05, 4.69) is 4.98 Å². The summed E-state index contributed by atoms with van der Waals surface area (Å²) < 4.78 is 0. The largest absolute Gasteiger partial charge is 0.478 e. The highest BCUT2D eigenvalue weighted by atomic mass is 16.4. The van der Waals surface area contributed by atoms with E-state index < -0.39 is 5.97 Å². The molecule has 0 amide bonds. The van der Waals surface area contributed by atoms with Crippen LogP contribution < -0.4 is 5.73 Å². The third-order valence-electron chi connectivity index (χ3n) is 2.77. The molecule has 3 N–H and O–H groups in total. The van der Waals surface area contributed by atoms with Gasteiger partial charge in [0.2, 0.25) is 0 Å². The van der Waals surface area contributed by atoms with E-state index in [0.717, 1.165) is 28.3 Å². The van der Waals surface area contributed by atoms with Gasteiger partial charge in [0.05, 0.1) is 0 Å². The minimum Gasteiger partial charge on any atom is -0.478 e. The standard InChI is InChI=1S/C15H14N2O2/c1-10-2-3-11(4-5-15(18)19)8-13(10)12-6-7-17-14(16)9-12/h2-9H,1H3,(H2,16,17)(H,18,19)/b5-4+. The Hall–Kier alpha value is -2.62. The van der Waals surface area contributed by atoms with E-state index in [-0.39, 0.29) is 0 Å². The van der Waals surface area contributed by atoms with Gasteiger partial charge in [-0.3, -0.25) is 0 Å². The monoisotopic (exact) mass is 254 g/mol. The Morgan fingerprint density at radius 2 is 2.11 bits per heavy atom. The predicted octanol–water partition coefficient (Wildman–Crippen LogP) is 2.74. The van der Waals surface area contributed by atoms with Gasteiger partial charge in [-0.25, -0.2) is 9.78 Å². The molecule has 1 aromatic heterocycles. The van der Waals surface area contributed by atoms with E-state index in [1.165, 1.54) is 0 Å². The van der Waals surface area contributed by atoms with Crippen molar-refractivity contribution < 1.29 is 9.90 Å². The van der Waals surface area contributed by atoms with Crippen LogP contribution >= 0.6 is 0 Å². The van der Waals surface area contributed by atoms with E-state index in [4.69, 9.17) is 10.8 Å². The zero-order chi connectivity index (χ0) is 13.8. The number of aliphatic carboxylic acids is 1. The van der Waals surface area contributed by atoms with Gasteiger partial charge in [0.25, 0.3) is 0 Å². The highest BCUT2D eigenvalue weighted by molar-refractivity contribution is 5.85. The summed E-state index contributed by atoms with van der Waals surface area (Å²) in [6.45, 7) is 2.00. The fourth-order valence-electron chi connectivity index (χ4n) is 1.84. The van der Waals surface area contributed by atoms with Crippen LogP contribution in [0.4, 0.5) is 5.82 Å². The van der Waals surface area contributed by atoms with Crippen molar-refractivity contribution in [3.63, 3.8) is 0 Å². The first-order valence-electron chi connectivity index (χ1n) is 5.80. The summed E-state index contributed by atoms with van der Waals surface area (Å²) in [6, 6.07) is 9.44. The summed E-state index contributed by atoms with van der Waals surface area (Å²) in [5.41, 5.74) is 9.59. The Morgan fingerprint density at radius 3 is 2.79 bits per heavy atom. The van der Waals surface area contributed by atoms with Crippen LogP contribution in [0.5, 0.6) is 0 Å². The number of benzene rings is 1. The van der Waals surface area contributed by atoms with Gasteiger partial charge in [-0.05, 0) is 53.5 Å². The van der Waals surface area contributed by atoms with Gasteiger partial charge in [-0.15, -0.1) is 0 Å². The molecule has 2 rings (SSSR count). The van der Waals surface area contributed by atoms with E-state index in [1.807, 2.05) is 31.2 Å². The number of nitrogen functional groups attached to an aromatic ring is 1. The number of carbonyl (C=O) groups is 1. The fraction of sp³-hybridized carbons (Fsp3) is 0.0667. The highest BCUT2D eigenvalue weighted by Gasteiger charge is 2.03. The van der Waals surface area contributed by atoms with Crippen LogP contribution in [0.2, 0.25) is 0 Å². The van der Waals surface area contributed by atoms with E-state index in [1.54, 1.807) is 18.3 Å². The quantitative estimate of drug-likeness (QED) is 0.826. The summed E-state index contributed by atoms with van der Waals surface area (Å²) in [5.74, 6) is -0.501. The number of carboxylic acid groups (broad SMARTS) is 1. The van der Waals surface area contributed by atoms with Crippen molar-refractivity contribution in [3.8, 4) is 11.1 Å². The average Bonchev–Trinajstić information content (AvgIpc) is 2.37. The number of aryl methyl sites for hydroxylation is 1. The van der Waals surface area contributed by atoms with Crippen molar-refractivity contribution in [2.75, 3.05) is 5.73 Å². The SMILES string of the molecule is Cc1ccc(/C=C/C(=O)O)cc1-c1ccnc(N)c1. The molecular weight excluding hydrogens is 240 g/mol. The summed E-state index contributed by atoms with van der Waals surface area (Å²) in [5, 5.41) is 8.64. The zero-order valence-electron chi connectivity index (χ0n) is 10.5. The lowest BCUT2D eigenvalue weighted by molar-refractivity contribution is -0.131. The van der Waals surface area contributed by atoms with Gasteiger partial charge in [0.15, 0.2) is 0 Å². The van der Waals surface area contributed by atoms with Gasteiger partial charge in [0.1, 0.15) is 5.82 Å². The minimum atomic E-state index is -0.963. The van der Waals surface area contributed by atoms with Crippen molar-refractivity contribution in [1.82, 2.24) is 4.98 Å². The fourth-order valence-corrected chi connectivity index (χ4v) is 1.84. The number of anilines is 1. The molecule has 4 heteroatoms. The van der Waals surface area contributed by atoms with E-state index in [0.29, 0.717) is 5.82 Å². The summed E-state index contributed by atoms with van der Waals surface area (Å²) in [4.78, 5) is 14.5. The lowest BCUT2D eigenvalue weighted by Crippen LogP contribution is -1.91. The smallest absolute Gasteiger partial charge is 0.328 e. The first kappa shape index (κ1) is 12.8. The Morgan fingerprint density at radius 1 is 1.32 bits per heavy atom. The maximum atomic E-state index is 10.5. The van der Waals surface area contributed by atoms with Crippen LogP contribution in [-0.4, -0.2) is 16.1 Å². The number of hydrogen-bond donors (Lipinski definition) is 2. The topological polar surface area (TPSA) is 76.2 Å². The molecule has 4 nitrogen and oxygen atoms in total. The molecule has 0 saturated carbocycles. The van der Waals surface area contributed by atoms with E-state index in [9.17, 15) is 4.79 Å². The molecular formula is C15H14N2O2. The normalized spacial score (nSPS) is 10.8. The molecule has 96 valence electrons. The molecule has 19 heavy (non-hydrogen) atoms. The van der Waals surface area contributed by atoms with Crippen molar-refractivity contribution in [2.24, 2.45) is 0 Å². The maximum Gasteiger partial charge on any atom is 0.328 e. The third kappa shape index (κ3) is 3.19. The zero-order valence-corrected chi connectivity index (χ0v) is 10.5. The molecule has 0 aliphatic heterocycles. The molecule has 0 saturated heterocycles. The Balaban J connectivity index is 2.45. The molecule has 0 fully saturated rings. The minimum absolute atomic E-state index is 0.461. The van der Waals surface area contributed by atoms with Crippen molar-refractivity contribution in [1.29, 1.82) is 0 Å². The lowest BCUT2D eigenvalue weighted by atomic mass is 9.98. The first-order chi connectivity index (χ1) is 9.06. The second kappa shape index (κ2) is 5.35. The molecule has 0 radical (unpaired) electrons. The van der Waals surface area contributed by atoms with Crippen molar-refractivity contribution in [2.45, 2.75) is 6.92 Å². The van der Waals surface area contributed by atoms with Gasteiger partial charge in [-0.1, -0.05) is 12.1 Å². The van der Waals surface area contributed by atoms with Crippen molar-refractivity contribution in [3.05, 3.63) is 53.7 Å². The van der Waals surface area contributed by atoms with Gasteiger partial charge in [0, 0.05) is 12.3 Å². The van der Waals surface area contributed by atoms with Crippen LogP contribution in [0, 0.1) is 6.92 Å². The number of pyridine rings is 1. The number of nitrogens with two attached hydrogens (primary N) is 1. The van der Waals surface area contributed by atoms with Crippen LogP contribution in [0.3, 0.4) is 0 Å². The number of carboxylic acids is 1. The summed E-state index contributed by atoms with van der Waals surface area (Å²) >= 11 is 0. The second-order valence-corrected chi connectivity index (χ2v) is 4.22. The summed E-state index contributed by atoms with van der Waals surface area (Å²) in [7, 11) is 0. The number of nitrogens with zero attached hydrogens (tertiary/aromatic N) is 1. The Bertz CT molecular complexity index is 648. The Kier molecular flexibility index (Phi) is 3.61. The van der Waals surface area contributed by atoms with Crippen molar-refractivity contribution >= 4 is 17.9 Å². The van der Waals surface area contributed by atoms with E-state index >= 15 is 0 Å². The predicted molar refractivity (Wildman–Crippen MR) is 75.5 cm³/mol. The third-order valence-corrected chi connectivity index (χ3v) is 2.77. The first-order valence-corrected chi connectivity index (χ1v) is 5.80. The molecule has 0 spiro atoms. The van der Waals surface area contributed by atoms with Gasteiger partial charge in [-0.2, -0.15) is 0 Å². The van der Waals surface area contributed by atoms with Crippen LogP contribution in [0.15, 0.2) is 42.6 Å². The average molecular weight is 254 g/mol.